The molecule has 0 saturated carbocycles. The Morgan fingerprint density at radius 1 is 0.906 bits per heavy atom. The molecule has 1 aliphatic heterocycles. The number of fused-ring (bicyclic) bond motifs is 1. The summed E-state index contributed by atoms with van der Waals surface area (Å²) in [6, 6.07) is 16.2. The number of nitrogens with one attached hydrogen (secondary N) is 1. The fourth-order valence-electron chi connectivity index (χ4n) is 4.07. The Morgan fingerprint density at radius 3 is 2.19 bits per heavy atom. The molecule has 32 heavy (non-hydrogen) atoms. The van der Waals surface area contributed by atoms with Crippen LogP contribution < -0.4 is 5.69 Å². The van der Waals surface area contributed by atoms with Gasteiger partial charge in [0.25, 0.3) is 11.8 Å². The van der Waals surface area contributed by atoms with Crippen LogP contribution in [0.5, 0.6) is 0 Å². The number of carbonyl (C=O) groups excluding carboxylic acids is 2. The molecule has 1 N–H and O–H groups in total. The Hall–Kier alpha value is -4.07. The van der Waals surface area contributed by atoms with Gasteiger partial charge in [0, 0.05) is 49.0 Å². The van der Waals surface area contributed by atoms with Crippen molar-refractivity contribution in [3.05, 3.63) is 88.3 Å². The average Bonchev–Trinajstić information content (AvgIpc) is 3.41. The molecule has 3 heterocycles. The van der Waals surface area contributed by atoms with Gasteiger partial charge in [-0.05, 0) is 43.3 Å². The van der Waals surface area contributed by atoms with Gasteiger partial charge in [-0.3, -0.25) is 14.2 Å². The molecule has 162 valence electrons. The molecule has 0 atom stereocenters. The first-order chi connectivity index (χ1) is 15.5. The number of carbonyl (C=O) groups is 2. The first-order valence-corrected chi connectivity index (χ1v) is 10.5. The SMILES string of the molecule is Cc1c[nH]c(=O)n1-c1ccc(C(=O)N2CCN(C(=O)c3cc4ccccc4o3)CC2)cc1. The number of rotatable bonds is 3. The number of aromatic nitrogens is 2. The van der Waals surface area contributed by atoms with E-state index in [2.05, 4.69) is 4.98 Å². The van der Waals surface area contributed by atoms with Crippen LogP contribution in [0.15, 0.2) is 70.0 Å². The summed E-state index contributed by atoms with van der Waals surface area (Å²) in [6.45, 7) is 3.62. The van der Waals surface area contributed by atoms with Crippen molar-refractivity contribution in [3.8, 4) is 5.69 Å². The van der Waals surface area contributed by atoms with Gasteiger partial charge in [0.1, 0.15) is 5.58 Å². The van der Waals surface area contributed by atoms with Crippen LogP contribution in [-0.2, 0) is 0 Å². The van der Waals surface area contributed by atoms with Gasteiger partial charge in [-0.1, -0.05) is 18.2 Å². The molecule has 2 amide bonds. The second-order valence-electron chi connectivity index (χ2n) is 7.85. The van der Waals surface area contributed by atoms with Crippen LogP contribution in [0.3, 0.4) is 0 Å². The first-order valence-electron chi connectivity index (χ1n) is 10.5. The van der Waals surface area contributed by atoms with Gasteiger partial charge in [0.15, 0.2) is 5.76 Å². The molecule has 0 aliphatic carbocycles. The van der Waals surface area contributed by atoms with E-state index in [1.54, 1.807) is 50.9 Å². The number of amides is 2. The van der Waals surface area contributed by atoms with Gasteiger partial charge < -0.3 is 19.2 Å². The zero-order valence-electron chi connectivity index (χ0n) is 17.6. The van der Waals surface area contributed by atoms with Gasteiger partial charge in [0.05, 0.1) is 5.69 Å². The molecule has 0 radical (unpaired) electrons. The Bertz CT molecular complexity index is 1320. The van der Waals surface area contributed by atoms with Crippen molar-refractivity contribution in [1.29, 1.82) is 0 Å². The van der Waals surface area contributed by atoms with Crippen LogP contribution in [0.2, 0.25) is 0 Å². The lowest BCUT2D eigenvalue weighted by molar-refractivity contribution is 0.0519. The third-order valence-corrected chi connectivity index (χ3v) is 5.82. The molecule has 8 nitrogen and oxygen atoms in total. The van der Waals surface area contributed by atoms with Crippen molar-refractivity contribution in [2.45, 2.75) is 6.92 Å². The molecule has 8 heteroatoms. The Balaban J connectivity index is 1.24. The van der Waals surface area contributed by atoms with Crippen LogP contribution in [0.1, 0.15) is 26.6 Å². The number of hydrogen-bond donors (Lipinski definition) is 1. The minimum atomic E-state index is -0.216. The standard InChI is InChI=1S/C24H22N4O4/c1-16-15-25-24(31)28(16)19-8-6-17(7-9-19)22(29)26-10-12-27(13-11-26)23(30)21-14-18-4-2-3-5-20(18)32-21/h2-9,14-15H,10-13H2,1H3,(H,25,31). The zero-order chi connectivity index (χ0) is 22.2. The number of imidazole rings is 1. The van der Waals surface area contributed by atoms with Gasteiger partial charge in [0.2, 0.25) is 0 Å². The molecule has 2 aromatic carbocycles. The van der Waals surface area contributed by atoms with E-state index in [-0.39, 0.29) is 17.5 Å². The fraction of sp³-hybridized carbons (Fsp3) is 0.208. The number of benzene rings is 2. The molecule has 0 spiro atoms. The second-order valence-corrected chi connectivity index (χ2v) is 7.85. The van der Waals surface area contributed by atoms with Gasteiger partial charge in [-0.25, -0.2) is 4.79 Å². The molecule has 0 unspecified atom stereocenters. The maximum absolute atomic E-state index is 12.9. The second kappa shape index (κ2) is 7.88. The lowest BCUT2D eigenvalue weighted by atomic mass is 10.1. The number of furan rings is 1. The Morgan fingerprint density at radius 2 is 1.56 bits per heavy atom. The summed E-state index contributed by atoms with van der Waals surface area (Å²) in [5.74, 6) is 0.0624. The summed E-state index contributed by atoms with van der Waals surface area (Å²) >= 11 is 0. The Kier molecular flexibility index (Phi) is 4.89. The number of nitrogens with zero attached hydrogens (tertiary/aromatic N) is 3. The fourth-order valence-corrected chi connectivity index (χ4v) is 4.07. The number of piperazine rings is 1. The third-order valence-electron chi connectivity index (χ3n) is 5.82. The monoisotopic (exact) mass is 430 g/mol. The summed E-state index contributed by atoms with van der Waals surface area (Å²) in [7, 11) is 0. The molecular weight excluding hydrogens is 408 g/mol. The van der Waals surface area contributed by atoms with Crippen molar-refractivity contribution in [1.82, 2.24) is 19.4 Å². The number of aromatic amines is 1. The van der Waals surface area contributed by atoms with Crippen molar-refractivity contribution < 1.29 is 14.0 Å². The van der Waals surface area contributed by atoms with E-state index < -0.39 is 0 Å². The largest absolute Gasteiger partial charge is 0.451 e. The lowest BCUT2D eigenvalue weighted by Crippen LogP contribution is -2.50. The van der Waals surface area contributed by atoms with E-state index in [1.807, 2.05) is 31.2 Å². The summed E-state index contributed by atoms with van der Waals surface area (Å²) in [5, 5.41) is 0.894. The minimum Gasteiger partial charge on any atom is -0.451 e. The predicted octanol–water partition coefficient (Wildman–Crippen LogP) is 2.82. The lowest BCUT2D eigenvalue weighted by Gasteiger charge is -2.34. The number of H-pyrrole nitrogens is 1. The van der Waals surface area contributed by atoms with Crippen LogP contribution in [0.4, 0.5) is 0 Å². The number of aryl methyl sites for hydroxylation is 1. The summed E-state index contributed by atoms with van der Waals surface area (Å²) in [5.41, 5.74) is 2.51. The highest BCUT2D eigenvalue weighted by atomic mass is 16.3. The average molecular weight is 430 g/mol. The quantitative estimate of drug-likeness (QED) is 0.541. The van der Waals surface area contributed by atoms with E-state index in [9.17, 15) is 14.4 Å². The molecule has 1 saturated heterocycles. The maximum atomic E-state index is 12.9. The number of para-hydroxylation sites is 1. The zero-order valence-corrected chi connectivity index (χ0v) is 17.6. The minimum absolute atomic E-state index is 0.0921. The van der Waals surface area contributed by atoms with Crippen LogP contribution in [-0.4, -0.2) is 57.3 Å². The van der Waals surface area contributed by atoms with Crippen LogP contribution in [0, 0.1) is 6.92 Å². The normalized spacial score (nSPS) is 14.2. The highest BCUT2D eigenvalue weighted by molar-refractivity contribution is 5.97. The van der Waals surface area contributed by atoms with E-state index in [0.717, 1.165) is 11.1 Å². The first kappa shape index (κ1) is 19.9. The highest BCUT2D eigenvalue weighted by Crippen LogP contribution is 2.21. The van der Waals surface area contributed by atoms with Gasteiger partial charge >= 0.3 is 5.69 Å². The molecule has 5 rings (SSSR count). The number of hydrogen-bond acceptors (Lipinski definition) is 4. The van der Waals surface area contributed by atoms with Crippen molar-refractivity contribution in [3.63, 3.8) is 0 Å². The van der Waals surface area contributed by atoms with Crippen molar-refractivity contribution >= 4 is 22.8 Å². The topological polar surface area (TPSA) is 91.5 Å². The van der Waals surface area contributed by atoms with Gasteiger partial charge in [-0.15, -0.1) is 0 Å². The van der Waals surface area contributed by atoms with E-state index in [4.69, 9.17) is 4.42 Å². The van der Waals surface area contributed by atoms with E-state index >= 15 is 0 Å². The molecule has 4 aromatic rings. The van der Waals surface area contributed by atoms with Gasteiger partial charge in [-0.2, -0.15) is 0 Å². The smallest absolute Gasteiger partial charge is 0.330 e. The highest BCUT2D eigenvalue weighted by Gasteiger charge is 2.27. The third kappa shape index (κ3) is 3.49. The molecular formula is C24H22N4O4. The van der Waals surface area contributed by atoms with Crippen LogP contribution in [0.25, 0.3) is 16.7 Å². The van der Waals surface area contributed by atoms with Crippen LogP contribution >= 0.6 is 0 Å². The maximum Gasteiger partial charge on any atom is 0.330 e. The Labute approximate surface area is 183 Å². The van der Waals surface area contributed by atoms with Crippen molar-refractivity contribution in [2.24, 2.45) is 0 Å². The van der Waals surface area contributed by atoms with E-state index in [0.29, 0.717) is 48.8 Å². The predicted molar refractivity (Wildman–Crippen MR) is 119 cm³/mol. The summed E-state index contributed by atoms with van der Waals surface area (Å²) in [6.07, 6.45) is 1.65. The van der Waals surface area contributed by atoms with E-state index in [1.165, 1.54) is 0 Å². The molecule has 1 fully saturated rings. The molecule has 2 aromatic heterocycles. The molecule has 0 bridgehead atoms. The van der Waals surface area contributed by atoms with Crippen molar-refractivity contribution in [2.75, 3.05) is 26.2 Å². The summed E-state index contributed by atoms with van der Waals surface area (Å²) < 4.78 is 7.24. The molecule has 1 aliphatic rings. The summed E-state index contributed by atoms with van der Waals surface area (Å²) in [4.78, 5) is 43.8.